The Labute approximate surface area is 123 Å². The third-order valence-electron chi connectivity index (χ3n) is 2.80. The summed E-state index contributed by atoms with van der Waals surface area (Å²) in [5.41, 5.74) is 6.66. The van der Waals surface area contributed by atoms with Crippen LogP contribution in [0, 0.1) is 0 Å². The molecule has 0 saturated carbocycles. The molecule has 0 bridgehead atoms. The van der Waals surface area contributed by atoms with E-state index in [4.69, 9.17) is 5.73 Å². The molecule has 2 N–H and O–H groups in total. The lowest BCUT2D eigenvalue weighted by Gasteiger charge is -2.15. The molecule has 7 heteroatoms. The molecule has 0 unspecified atom stereocenters. The standard InChI is InChI=1S/C13H17N3O2S2/c1-16(9-11-7-15-13(14)19-11)8-10-3-5-12(6-4-10)20(2,17)18/h3-7H,8-9H2,1-2H3,(H2,14,15). The van der Waals surface area contributed by atoms with Crippen molar-refractivity contribution in [3.05, 3.63) is 40.9 Å². The van der Waals surface area contributed by atoms with Gasteiger partial charge in [0.1, 0.15) is 0 Å². The zero-order chi connectivity index (χ0) is 14.8. The first kappa shape index (κ1) is 15.0. The van der Waals surface area contributed by atoms with Crippen molar-refractivity contribution >= 4 is 26.3 Å². The molecule has 0 spiro atoms. The van der Waals surface area contributed by atoms with Crippen LogP contribution < -0.4 is 5.73 Å². The second-order valence-corrected chi connectivity index (χ2v) is 7.92. The van der Waals surface area contributed by atoms with Crippen LogP contribution >= 0.6 is 11.3 Å². The van der Waals surface area contributed by atoms with Crippen LogP contribution in [0.15, 0.2) is 35.4 Å². The van der Waals surface area contributed by atoms with E-state index in [1.165, 1.54) is 17.6 Å². The first-order valence-electron chi connectivity index (χ1n) is 6.02. The van der Waals surface area contributed by atoms with Crippen molar-refractivity contribution in [3.8, 4) is 0 Å². The second-order valence-electron chi connectivity index (χ2n) is 4.75. The summed E-state index contributed by atoms with van der Waals surface area (Å²) in [6, 6.07) is 6.97. The molecule has 0 amide bonds. The van der Waals surface area contributed by atoms with Crippen LogP contribution in [0.2, 0.25) is 0 Å². The van der Waals surface area contributed by atoms with Crippen LogP contribution in [0.25, 0.3) is 0 Å². The molecule has 20 heavy (non-hydrogen) atoms. The van der Waals surface area contributed by atoms with Crippen molar-refractivity contribution in [2.75, 3.05) is 19.0 Å². The number of hydrogen-bond donors (Lipinski definition) is 1. The van der Waals surface area contributed by atoms with Crippen molar-refractivity contribution in [1.82, 2.24) is 9.88 Å². The van der Waals surface area contributed by atoms with Crippen molar-refractivity contribution < 1.29 is 8.42 Å². The highest BCUT2D eigenvalue weighted by Gasteiger charge is 2.08. The molecule has 5 nitrogen and oxygen atoms in total. The monoisotopic (exact) mass is 311 g/mol. The van der Waals surface area contributed by atoms with E-state index >= 15 is 0 Å². The molecule has 0 aliphatic rings. The van der Waals surface area contributed by atoms with Gasteiger partial charge in [-0.3, -0.25) is 4.90 Å². The third-order valence-corrected chi connectivity index (χ3v) is 4.74. The minimum absolute atomic E-state index is 0.346. The van der Waals surface area contributed by atoms with Crippen molar-refractivity contribution in [1.29, 1.82) is 0 Å². The maximum absolute atomic E-state index is 11.4. The van der Waals surface area contributed by atoms with E-state index in [1.54, 1.807) is 18.3 Å². The van der Waals surface area contributed by atoms with E-state index in [0.717, 1.165) is 23.5 Å². The molecule has 0 radical (unpaired) electrons. The van der Waals surface area contributed by atoms with Crippen LogP contribution in [0.3, 0.4) is 0 Å². The second kappa shape index (κ2) is 5.90. The SMILES string of the molecule is CN(Cc1ccc(S(C)(=O)=O)cc1)Cc1cnc(N)s1. The van der Waals surface area contributed by atoms with Gasteiger partial charge < -0.3 is 5.73 Å². The number of rotatable bonds is 5. The largest absolute Gasteiger partial charge is 0.375 e. The summed E-state index contributed by atoms with van der Waals surface area (Å²) in [6.07, 6.45) is 2.99. The molecule has 108 valence electrons. The molecular formula is C13H17N3O2S2. The van der Waals surface area contributed by atoms with Crippen LogP contribution in [0.1, 0.15) is 10.4 Å². The predicted octanol–water partition coefficient (Wildman–Crippen LogP) is 1.76. The number of benzene rings is 1. The van der Waals surface area contributed by atoms with Gasteiger partial charge in [-0.2, -0.15) is 0 Å². The van der Waals surface area contributed by atoms with Gasteiger partial charge in [0.2, 0.25) is 0 Å². The van der Waals surface area contributed by atoms with Gasteiger partial charge in [-0.1, -0.05) is 12.1 Å². The normalized spacial score (nSPS) is 11.9. The Morgan fingerprint density at radius 2 is 1.90 bits per heavy atom. The van der Waals surface area contributed by atoms with Gasteiger partial charge in [0, 0.05) is 30.4 Å². The molecule has 2 rings (SSSR count). The first-order valence-corrected chi connectivity index (χ1v) is 8.73. The number of hydrogen-bond acceptors (Lipinski definition) is 6. The highest BCUT2D eigenvalue weighted by atomic mass is 32.2. The van der Waals surface area contributed by atoms with Crippen LogP contribution in [0.5, 0.6) is 0 Å². The number of aromatic nitrogens is 1. The Bertz CT molecular complexity index is 678. The number of anilines is 1. The topological polar surface area (TPSA) is 76.3 Å². The lowest BCUT2D eigenvalue weighted by molar-refractivity contribution is 0.321. The van der Waals surface area contributed by atoms with Crippen molar-refractivity contribution in [3.63, 3.8) is 0 Å². The van der Waals surface area contributed by atoms with E-state index in [1.807, 2.05) is 19.2 Å². The molecule has 0 fully saturated rings. The van der Waals surface area contributed by atoms with Crippen LogP contribution in [-0.4, -0.2) is 31.6 Å². The Morgan fingerprint density at radius 3 is 2.40 bits per heavy atom. The summed E-state index contributed by atoms with van der Waals surface area (Å²) in [4.78, 5) is 7.60. The molecule has 1 aromatic carbocycles. The summed E-state index contributed by atoms with van der Waals surface area (Å²) in [5, 5.41) is 0.575. The number of nitrogens with zero attached hydrogens (tertiary/aromatic N) is 2. The molecule has 0 saturated heterocycles. The quantitative estimate of drug-likeness (QED) is 0.910. The van der Waals surface area contributed by atoms with E-state index in [2.05, 4.69) is 9.88 Å². The lowest BCUT2D eigenvalue weighted by Crippen LogP contribution is -2.16. The Hall–Kier alpha value is -1.44. The molecular weight excluding hydrogens is 294 g/mol. The summed E-state index contributed by atoms with van der Waals surface area (Å²) < 4.78 is 22.8. The third kappa shape index (κ3) is 4.03. The van der Waals surface area contributed by atoms with E-state index < -0.39 is 9.84 Å². The van der Waals surface area contributed by atoms with Gasteiger partial charge in [0.25, 0.3) is 0 Å². The summed E-state index contributed by atoms with van der Waals surface area (Å²) >= 11 is 1.48. The number of nitrogen functional groups attached to an aromatic ring is 1. The highest BCUT2D eigenvalue weighted by molar-refractivity contribution is 7.90. The van der Waals surface area contributed by atoms with E-state index in [-0.39, 0.29) is 0 Å². The molecule has 0 aliphatic carbocycles. The minimum atomic E-state index is -3.13. The predicted molar refractivity (Wildman–Crippen MR) is 81.2 cm³/mol. The summed E-state index contributed by atoms with van der Waals surface area (Å²) in [7, 11) is -1.13. The van der Waals surface area contributed by atoms with Gasteiger partial charge in [-0.05, 0) is 24.7 Å². The smallest absolute Gasteiger partial charge is 0.180 e. The van der Waals surface area contributed by atoms with Crippen molar-refractivity contribution in [2.45, 2.75) is 18.0 Å². The number of thiazole rings is 1. The Morgan fingerprint density at radius 1 is 1.25 bits per heavy atom. The van der Waals surface area contributed by atoms with Crippen molar-refractivity contribution in [2.24, 2.45) is 0 Å². The van der Waals surface area contributed by atoms with E-state index in [9.17, 15) is 8.42 Å². The number of sulfone groups is 1. The summed E-state index contributed by atoms with van der Waals surface area (Å²) in [5.74, 6) is 0. The van der Waals surface area contributed by atoms with Crippen LogP contribution in [-0.2, 0) is 22.9 Å². The maximum atomic E-state index is 11.4. The molecule has 2 aromatic rings. The van der Waals surface area contributed by atoms with Gasteiger partial charge in [0.15, 0.2) is 15.0 Å². The molecule has 1 heterocycles. The lowest BCUT2D eigenvalue weighted by atomic mass is 10.2. The zero-order valence-corrected chi connectivity index (χ0v) is 13.0. The fourth-order valence-corrected chi connectivity index (χ4v) is 3.27. The highest BCUT2D eigenvalue weighted by Crippen LogP contribution is 2.17. The number of nitrogens with two attached hydrogens (primary N) is 1. The maximum Gasteiger partial charge on any atom is 0.180 e. The zero-order valence-electron chi connectivity index (χ0n) is 11.4. The van der Waals surface area contributed by atoms with Gasteiger partial charge in [-0.25, -0.2) is 13.4 Å². The fraction of sp³-hybridized carbons (Fsp3) is 0.308. The fourth-order valence-electron chi connectivity index (χ4n) is 1.87. The Balaban J connectivity index is 1.99. The average molecular weight is 311 g/mol. The van der Waals surface area contributed by atoms with Gasteiger partial charge in [0.05, 0.1) is 4.90 Å². The summed E-state index contributed by atoms with van der Waals surface area (Å²) in [6.45, 7) is 1.50. The Kier molecular flexibility index (Phi) is 4.42. The molecule has 0 aliphatic heterocycles. The molecule has 1 aromatic heterocycles. The molecule has 0 atom stereocenters. The van der Waals surface area contributed by atoms with Gasteiger partial charge in [-0.15, -0.1) is 11.3 Å². The average Bonchev–Trinajstić information content (AvgIpc) is 2.74. The van der Waals surface area contributed by atoms with Gasteiger partial charge >= 0.3 is 0 Å². The first-order chi connectivity index (χ1) is 9.34. The van der Waals surface area contributed by atoms with Crippen LogP contribution in [0.4, 0.5) is 5.13 Å². The minimum Gasteiger partial charge on any atom is -0.375 e. The van der Waals surface area contributed by atoms with E-state index in [0.29, 0.717) is 10.0 Å².